The molecule has 2 rings (SSSR count). The van der Waals surface area contributed by atoms with Crippen LogP contribution in [0.4, 0.5) is 5.82 Å². The van der Waals surface area contributed by atoms with Crippen LogP contribution in [-0.2, 0) is 11.3 Å². The molecule has 134 valence electrons. The number of aliphatic imine (C=N–C) groups is 1. The lowest BCUT2D eigenvalue weighted by Crippen LogP contribution is -2.42. The van der Waals surface area contributed by atoms with Gasteiger partial charge in [0.2, 0.25) is 5.91 Å². The highest BCUT2D eigenvalue weighted by atomic mass is 16.1. The Labute approximate surface area is 149 Å². The van der Waals surface area contributed by atoms with Gasteiger partial charge in [-0.2, -0.15) is 0 Å². The van der Waals surface area contributed by atoms with Gasteiger partial charge in [-0.05, 0) is 25.8 Å². The molecule has 1 aromatic rings. The topological polar surface area (TPSA) is 95.6 Å². The molecule has 0 bridgehead atoms. The van der Waals surface area contributed by atoms with Crippen LogP contribution in [0.1, 0.15) is 25.3 Å². The Morgan fingerprint density at radius 2 is 2.40 bits per heavy atom. The lowest BCUT2D eigenvalue weighted by atomic mass is 9.97. The van der Waals surface area contributed by atoms with Crippen molar-refractivity contribution in [1.82, 2.24) is 15.6 Å². The third-order valence-electron chi connectivity index (χ3n) is 4.10. The van der Waals surface area contributed by atoms with Crippen LogP contribution in [0.15, 0.2) is 23.3 Å². The number of carbonyl (C=O) groups is 1. The summed E-state index contributed by atoms with van der Waals surface area (Å²) >= 11 is 0. The molecule has 7 nitrogen and oxygen atoms in total. The van der Waals surface area contributed by atoms with Crippen molar-refractivity contribution in [2.75, 3.05) is 31.1 Å². The summed E-state index contributed by atoms with van der Waals surface area (Å²) in [7, 11) is 0. The van der Waals surface area contributed by atoms with Gasteiger partial charge in [-0.25, -0.2) is 9.98 Å². The second kappa shape index (κ2) is 9.52. The third kappa shape index (κ3) is 5.38. The number of hydrogen-bond acceptors (Lipinski definition) is 4. The lowest BCUT2D eigenvalue weighted by Gasteiger charge is -2.33. The van der Waals surface area contributed by atoms with Crippen LogP contribution in [-0.4, -0.2) is 43.0 Å². The monoisotopic (exact) mass is 342 g/mol. The molecule has 0 radical (unpaired) electrons. The zero-order valence-electron chi connectivity index (χ0n) is 14.7. The van der Waals surface area contributed by atoms with E-state index in [-0.39, 0.29) is 11.8 Å². The van der Waals surface area contributed by atoms with Crippen molar-refractivity contribution in [2.45, 2.75) is 26.3 Å². The first-order chi connectivity index (χ1) is 12.2. The van der Waals surface area contributed by atoms with E-state index in [4.69, 9.17) is 12.2 Å². The SMILES string of the molecule is C#CCNC(=NCc1cccnc1N1CCCC(C(N)=O)C1)NCC. The number of carbonyl (C=O) groups excluding carboxylic acids is 1. The van der Waals surface area contributed by atoms with Crippen LogP contribution >= 0.6 is 0 Å². The summed E-state index contributed by atoms with van der Waals surface area (Å²) in [5.41, 5.74) is 6.49. The predicted molar refractivity (Wildman–Crippen MR) is 100 cm³/mol. The molecule has 0 aromatic carbocycles. The first-order valence-electron chi connectivity index (χ1n) is 8.59. The van der Waals surface area contributed by atoms with E-state index in [1.807, 2.05) is 19.1 Å². The van der Waals surface area contributed by atoms with Gasteiger partial charge in [0.1, 0.15) is 5.82 Å². The summed E-state index contributed by atoms with van der Waals surface area (Å²) in [6.07, 6.45) is 8.82. The molecule has 1 aromatic heterocycles. The minimum absolute atomic E-state index is 0.123. The molecule has 1 unspecified atom stereocenters. The fraction of sp³-hybridized carbons (Fsp3) is 0.500. The number of hydrogen-bond donors (Lipinski definition) is 3. The Morgan fingerprint density at radius 3 is 3.12 bits per heavy atom. The number of anilines is 1. The van der Waals surface area contributed by atoms with Gasteiger partial charge < -0.3 is 21.3 Å². The van der Waals surface area contributed by atoms with E-state index in [9.17, 15) is 4.79 Å². The van der Waals surface area contributed by atoms with Gasteiger partial charge in [-0.3, -0.25) is 4.79 Å². The average Bonchev–Trinajstić information content (AvgIpc) is 2.64. The van der Waals surface area contributed by atoms with Crippen molar-refractivity contribution in [3.8, 4) is 12.3 Å². The number of piperidine rings is 1. The van der Waals surface area contributed by atoms with Crippen LogP contribution < -0.4 is 21.3 Å². The summed E-state index contributed by atoms with van der Waals surface area (Å²) in [4.78, 5) is 22.7. The zero-order valence-corrected chi connectivity index (χ0v) is 14.7. The van der Waals surface area contributed by atoms with Gasteiger partial charge in [0.25, 0.3) is 0 Å². The first kappa shape index (κ1) is 18.6. The van der Waals surface area contributed by atoms with E-state index in [1.54, 1.807) is 6.20 Å². The molecule has 0 spiro atoms. The summed E-state index contributed by atoms with van der Waals surface area (Å²) in [6.45, 7) is 5.12. The van der Waals surface area contributed by atoms with Gasteiger partial charge in [0, 0.05) is 31.4 Å². The Bertz CT molecular complexity index is 651. The lowest BCUT2D eigenvalue weighted by molar-refractivity contribution is -0.122. The van der Waals surface area contributed by atoms with Gasteiger partial charge in [-0.15, -0.1) is 6.42 Å². The summed E-state index contributed by atoms with van der Waals surface area (Å²) in [5.74, 6) is 3.71. The number of amides is 1. The molecule has 0 aliphatic carbocycles. The van der Waals surface area contributed by atoms with Crippen LogP contribution in [0.3, 0.4) is 0 Å². The van der Waals surface area contributed by atoms with Crippen molar-refractivity contribution < 1.29 is 4.79 Å². The van der Waals surface area contributed by atoms with Crippen molar-refractivity contribution in [3.63, 3.8) is 0 Å². The number of nitrogens with one attached hydrogen (secondary N) is 2. The highest BCUT2D eigenvalue weighted by molar-refractivity contribution is 5.80. The van der Waals surface area contributed by atoms with Crippen LogP contribution in [0.2, 0.25) is 0 Å². The average molecular weight is 342 g/mol. The number of aromatic nitrogens is 1. The van der Waals surface area contributed by atoms with Crippen molar-refractivity contribution >= 4 is 17.7 Å². The Kier molecular flexibility index (Phi) is 7.08. The maximum Gasteiger partial charge on any atom is 0.222 e. The van der Waals surface area contributed by atoms with E-state index >= 15 is 0 Å². The van der Waals surface area contributed by atoms with Gasteiger partial charge >= 0.3 is 0 Å². The zero-order chi connectivity index (χ0) is 18.1. The molecule has 1 saturated heterocycles. The molecule has 7 heteroatoms. The minimum Gasteiger partial charge on any atom is -0.369 e. The van der Waals surface area contributed by atoms with E-state index in [0.717, 1.165) is 37.3 Å². The molecule has 1 aliphatic rings. The molecule has 25 heavy (non-hydrogen) atoms. The minimum atomic E-state index is -0.242. The summed E-state index contributed by atoms with van der Waals surface area (Å²) < 4.78 is 0. The van der Waals surface area contributed by atoms with E-state index < -0.39 is 0 Å². The number of nitrogens with zero attached hydrogens (tertiary/aromatic N) is 3. The quantitative estimate of drug-likeness (QED) is 0.397. The van der Waals surface area contributed by atoms with Crippen LogP contribution in [0, 0.1) is 18.3 Å². The molecule has 2 heterocycles. The fourth-order valence-corrected chi connectivity index (χ4v) is 2.88. The van der Waals surface area contributed by atoms with Crippen molar-refractivity contribution in [3.05, 3.63) is 23.9 Å². The molecule has 1 fully saturated rings. The van der Waals surface area contributed by atoms with E-state index in [1.165, 1.54) is 0 Å². The largest absolute Gasteiger partial charge is 0.369 e. The Balaban J connectivity index is 2.14. The number of terminal acetylenes is 1. The number of rotatable bonds is 6. The fourth-order valence-electron chi connectivity index (χ4n) is 2.88. The molecule has 4 N–H and O–H groups in total. The smallest absolute Gasteiger partial charge is 0.222 e. The summed E-state index contributed by atoms with van der Waals surface area (Å²) in [6, 6.07) is 3.90. The highest BCUT2D eigenvalue weighted by Crippen LogP contribution is 2.24. The van der Waals surface area contributed by atoms with Gasteiger partial charge in [0.05, 0.1) is 19.0 Å². The van der Waals surface area contributed by atoms with Crippen LogP contribution in [0.25, 0.3) is 0 Å². The maximum atomic E-state index is 11.5. The molecule has 1 amide bonds. The van der Waals surface area contributed by atoms with E-state index in [2.05, 4.69) is 31.4 Å². The number of pyridine rings is 1. The molecular weight excluding hydrogens is 316 g/mol. The molecule has 1 atom stereocenters. The van der Waals surface area contributed by atoms with Gasteiger partial charge in [-0.1, -0.05) is 12.0 Å². The normalized spacial score (nSPS) is 17.7. The second-order valence-corrected chi connectivity index (χ2v) is 5.93. The molecule has 1 aliphatic heterocycles. The molecular formula is C18H26N6O. The third-order valence-corrected chi connectivity index (χ3v) is 4.10. The molecule has 0 saturated carbocycles. The summed E-state index contributed by atoms with van der Waals surface area (Å²) in [5, 5.41) is 6.23. The van der Waals surface area contributed by atoms with E-state index in [0.29, 0.717) is 25.6 Å². The van der Waals surface area contributed by atoms with Crippen LogP contribution in [0.5, 0.6) is 0 Å². The number of guanidine groups is 1. The second-order valence-electron chi connectivity index (χ2n) is 5.93. The Hall–Kier alpha value is -2.75. The maximum absolute atomic E-state index is 11.5. The number of primary amides is 1. The first-order valence-corrected chi connectivity index (χ1v) is 8.59. The highest BCUT2D eigenvalue weighted by Gasteiger charge is 2.25. The number of nitrogens with two attached hydrogens (primary N) is 1. The van der Waals surface area contributed by atoms with Crippen molar-refractivity contribution in [2.24, 2.45) is 16.6 Å². The standard InChI is InChI=1S/C18H26N6O/c1-3-9-22-18(20-4-2)23-12-14-7-5-10-21-17(14)24-11-6-8-15(13-24)16(19)25/h1,5,7,10,15H,4,6,8-9,11-13H2,2H3,(H2,19,25)(H2,20,22,23). The Morgan fingerprint density at radius 1 is 1.56 bits per heavy atom. The van der Waals surface area contributed by atoms with Gasteiger partial charge in [0.15, 0.2) is 5.96 Å². The van der Waals surface area contributed by atoms with Crippen molar-refractivity contribution in [1.29, 1.82) is 0 Å². The predicted octanol–water partition coefficient (Wildman–Crippen LogP) is 0.472.